The molecule has 3 aromatic rings. The molecular weight excluding hydrogens is 293 g/mol. The third kappa shape index (κ3) is 2.45. The van der Waals surface area contributed by atoms with Gasteiger partial charge < -0.3 is 15.3 Å². The van der Waals surface area contributed by atoms with Crippen molar-refractivity contribution in [3.63, 3.8) is 0 Å². The van der Waals surface area contributed by atoms with E-state index >= 15 is 0 Å². The maximum atomic E-state index is 13.3. The maximum absolute atomic E-state index is 13.3. The number of furan rings is 1. The van der Waals surface area contributed by atoms with Crippen molar-refractivity contribution in [1.82, 2.24) is 0 Å². The first-order valence-electron chi connectivity index (χ1n) is 6.19. The predicted octanol–water partition coefficient (Wildman–Crippen LogP) is 4.69. The van der Waals surface area contributed by atoms with Gasteiger partial charge in [-0.2, -0.15) is 0 Å². The second-order valence-electron chi connectivity index (χ2n) is 4.54. The molecule has 0 spiro atoms. The smallest absolute Gasteiger partial charge is 0.202 e. The first kappa shape index (κ1) is 13.5. The highest BCUT2D eigenvalue weighted by molar-refractivity contribution is 6.30. The van der Waals surface area contributed by atoms with Crippen LogP contribution < -0.4 is 5.73 Å². The zero-order valence-corrected chi connectivity index (χ0v) is 11.6. The summed E-state index contributed by atoms with van der Waals surface area (Å²) in [5, 5.41) is 10.9. The van der Waals surface area contributed by atoms with Gasteiger partial charge in [-0.25, -0.2) is 4.39 Å². The molecule has 21 heavy (non-hydrogen) atoms. The Labute approximate surface area is 125 Å². The fourth-order valence-corrected chi connectivity index (χ4v) is 2.38. The lowest BCUT2D eigenvalue weighted by molar-refractivity contribution is 0.467. The van der Waals surface area contributed by atoms with E-state index in [1.54, 1.807) is 30.3 Å². The summed E-state index contributed by atoms with van der Waals surface area (Å²) < 4.78 is 18.7. The Morgan fingerprint density at radius 1 is 1.05 bits per heavy atom. The molecule has 3 nitrogen and oxygen atoms in total. The summed E-state index contributed by atoms with van der Waals surface area (Å²) in [4.78, 5) is 0. The normalized spacial score (nSPS) is 10.8. The van der Waals surface area contributed by atoms with Gasteiger partial charge in [-0.05, 0) is 29.8 Å². The third-order valence-corrected chi connectivity index (χ3v) is 3.35. The minimum Gasteiger partial charge on any atom is -0.504 e. The summed E-state index contributed by atoms with van der Waals surface area (Å²) in [7, 11) is 0. The fourth-order valence-electron chi connectivity index (χ4n) is 2.19. The van der Waals surface area contributed by atoms with Crippen molar-refractivity contribution in [2.24, 2.45) is 0 Å². The monoisotopic (exact) mass is 303 g/mol. The number of halogens is 2. The number of anilines is 1. The van der Waals surface area contributed by atoms with Crippen LogP contribution in [-0.2, 0) is 0 Å². The van der Waals surface area contributed by atoms with Crippen molar-refractivity contribution in [1.29, 1.82) is 0 Å². The molecule has 0 fully saturated rings. The van der Waals surface area contributed by atoms with Gasteiger partial charge in [-0.3, -0.25) is 0 Å². The summed E-state index contributed by atoms with van der Waals surface area (Å²) >= 11 is 5.94. The molecule has 1 aromatic heterocycles. The van der Waals surface area contributed by atoms with Crippen LogP contribution in [0.25, 0.3) is 22.5 Å². The molecule has 106 valence electrons. The number of nitrogen functional groups attached to an aromatic ring is 1. The van der Waals surface area contributed by atoms with Gasteiger partial charge in [-0.15, -0.1) is 0 Å². The first-order chi connectivity index (χ1) is 10.1. The zero-order valence-electron chi connectivity index (χ0n) is 10.8. The fraction of sp³-hybridized carbons (Fsp3) is 0. The molecule has 3 N–H and O–H groups in total. The molecule has 0 saturated heterocycles. The quantitative estimate of drug-likeness (QED) is 0.721. The molecule has 2 aromatic carbocycles. The number of aromatic hydroxyl groups is 1. The topological polar surface area (TPSA) is 59.4 Å². The third-order valence-electron chi connectivity index (χ3n) is 3.11. The van der Waals surface area contributed by atoms with Crippen LogP contribution in [0, 0.1) is 5.82 Å². The van der Waals surface area contributed by atoms with E-state index in [0.29, 0.717) is 21.7 Å². The van der Waals surface area contributed by atoms with Crippen molar-refractivity contribution in [2.75, 3.05) is 5.73 Å². The number of benzene rings is 2. The Balaban J connectivity index is 2.17. The maximum Gasteiger partial charge on any atom is 0.202 e. The minimum atomic E-state index is -0.425. The van der Waals surface area contributed by atoms with Crippen molar-refractivity contribution in [2.45, 2.75) is 0 Å². The molecule has 0 aliphatic carbocycles. The Bertz CT molecular complexity index is 814. The second-order valence-corrected chi connectivity index (χ2v) is 4.98. The summed E-state index contributed by atoms with van der Waals surface area (Å²) in [6.45, 7) is 0. The van der Waals surface area contributed by atoms with Gasteiger partial charge in [0.25, 0.3) is 0 Å². The SMILES string of the molecule is Nc1oc(-c2cccc(F)c2)c(O)c1-c1cccc(Cl)c1. The Morgan fingerprint density at radius 2 is 1.76 bits per heavy atom. The molecule has 5 heteroatoms. The highest BCUT2D eigenvalue weighted by Crippen LogP contribution is 2.45. The van der Waals surface area contributed by atoms with Crippen LogP contribution in [-0.4, -0.2) is 5.11 Å². The highest BCUT2D eigenvalue weighted by atomic mass is 35.5. The average Bonchev–Trinajstić information content (AvgIpc) is 2.74. The van der Waals surface area contributed by atoms with E-state index in [9.17, 15) is 9.50 Å². The largest absolute Gasteiger partial charge is 0.504 e. The van der Waals surface area contributed by atoms with E-state index in [0.717, 1.165) is 0 Å². The average molecular weight is 304 g/mol. The van der Waals surface area contributed by atoms with Crippen molar-refractivity contribution >= 4 is 17.5 Å². The highest BCUT2D eigenvalue weighted by Gasteiger charge is 2.21. The summed E-state index contributed by atoms with van der Waals surface area (Å²) in [5.41, 5.74) is 7.22. The van der Waals surface area contributed by atoms with E-state index in [1.165, 1.54) is 18.2 Å². The van der Waals surface area contributed by atoms with E-state index in [4.69, 9.17) is 21.8 Å². The van der Waals surface area contributed by atoms with Crippen LogP contribution in [0.15, 0.2) is 52.9 Å². The number of rotatable bonds is 2. The minimum absolute atomic E-state index is 0.0500. The lowest BCUT2D eigenvalue weighted by Gasteiger charge is -2.01. The van der Waals surface area contributed by atoms with Gasteiger partial charge >= 0.3 is 0 Å². The van der Waals surface area contributed by atoms with Gasteiger partial charge in [0.15, 0.2) is 11.5 Å². The van der Waals surface area contributed by atoms with Crippen LogP contribution in [0.4, 0.5) is 10.3 Å². The van der Waals surface area contributed by atoms with Gasteiger partial charge in [0.05, 0.1) is 5.56 Å². The van der Waals surface area contributed by atoms with Gasteiger partial charge in [-0.1, -0.05) is 35.9 Å². The van der Waals surface area contributed by atoms with Gasteiger partial charge in [0.1, 0.15) is 5.82 Å². The van der Waals surface area contributed by atoms with Crippen LogP contribution in [0.2, 0.25) is 5.02 Å². The van der Waals surface area contributed by atoms with Crippen molar-refractivity contribution in [3.05, 3.63) is 59.4 Å². The number of nitrogens with two attached hydrogens (primary N) is 1. The van der Waals surface area contributed by atoms with Gasteiger partial charge in [0.2, 0.25) is 5.88 Å². The van der Waals surface area contributed by atoms with E-state index in [-0.39, 0.29) is 17.4 Å². The van der Waals surface area contributed by atoms with Crippen LogP contribution in [0.5, 0.6) is 5.75 Å². The molecule has 0 amide bonds. The standard InChI is InChI=1S/C16H11ClFNO2/c17-11-5-1-3-9(7-11)13-14(20)15(21-16(13)19)10-4-2-6-12(18)8-10/h1-8,20H,19H2. The molecule has 1 heterocycles. The summed E-state index contributed by atoms with van der Waals surface area (Å²) in [6.07, 6.45) is 0. The predicted molar refractivity (Wildman–Crippen MR) is 80.6 cm³/mol. The van der Waals surface area contributed by atoms with Crippen LogP contribution >= 0.6 is 11.6 Å². The molecule has 0 saturated carbocycles. The molecule has 0 atom stereocenters. The van der Waals surface area contributed by atoms with E-state index in [1.807, 2.05) is 0 Å². The lowest BCUT2D eigenvalue weighted by Crippen LogP contribution is -1.84. The molecule has 3 rings (SSSR count). The molecule has 0 unspecified atom stereocenters. The second kappa shape index (κ2) is 5.14. The number of hydrogen-bond donors (Lipinski definition) is 2. The number of hydrogen-bond acceptors (Lipinski definition) is 3. The van der Waals surface area contributed by atoms with Crippen LogP contribution in [0.3, 0.4) is 0 Å². The van der Waals surface area contributed by atoms with Gasteiger partial charge in [0, 0.05) is 10.6 Å². The lowest BCUT2D eigenvalue weighted by atomic mass is 10.1. The van der Waals surface area contributed by atoms with E-state index in [2.05, 4.69) is 0 Å². The first-order valence-corrected chi connectivity index (χ1v) is 6.57. The van der Waals surface area contributed by atoms with Crippen LogP contribution in [0.1, 0.15) is 0 Å². The Hall–Kier alpha value is -2.46. The Kier molecular flexibility index (Phi) is 3.31. The molecular formula is C16H11ClFNO2. The van der Waals surface area contributed by atoms with E-state index < -0.39 is 5.82 Å². The zero-order chi connectivity index (χ0) is 15.0. The molecule has 0 bridgehead atoms. The van der Waals surface area contributed by atoms with Crippen molar-refractivity contribution < 1.29 is 13.9 Å². The Morgan fingerprint density at radius 3 is 2.48 bits per heavy atom. The molecule has 0 aliphatic rings. The van der Waals surface area contributed by atoms with Crippen molar-refractivity contribution in [3.8, 4) is 28.2 Å². The summed E-state index contributed by atoms with van der Waals surface area (Å²) in [6, 6.07) is 12.6. The summed E-state index contributed by atoms with van der Waals surface area (Å²) in [5.74, 6) is -0.387. The molecule has 0 radical (unpaired) electrons. The molecule has 0 aliphatic heterocycles.